The van der Waals surface area contributed by atoms with Gasteiger partial charge >= 0.3 is 0 Å². The highest BCUT2D eigenvalue weighted by atomic mass is 35.5. The van der Waals surface area contributed by atoms with E-state index < -0.39 is 10.0 Å². The van der Waals surface area contributed by atoms with Gasteiger partial charge in [0.1, 0.15) is 0 Å². The SMILES string of the molecule is Cc1ccc(S(=O)(=O)N2C[C@@H](c3cccc(Cl)c3)CC2=O)cc1. The molecule has 3 rings (SSSR count). The van der Waals surface area contributed by atoms with E-state index in [2.05, 4.69) is 0 Å². The standard InChI is InChI=1S/C17H16ClNO3S/c1-12-5-7-16(8-6-12)23(21,22)19-11-14(10-17(19)20)13-3-2-4-15(18)9-13/h2-9,14H,10-11H2,1H3/t14-/m0/s1. The van der Waals surface area contributed by atoms with Crippen LogP contribution in [0.2, 0.25) is 5.02 Å². The van der Waals surface area contributed by atoms with E-state index in [1.165, 1.54) is 12.1 Å². The molecule has 1 saturated heterocycles. The number of benzene rings is 2. The number of carbonyl (C=O) groups is 1. The van der Waals surface area contributed by atoms with Crippen molar-refractivity contribution >= 4 is 27.5 Å². The molecule has 0 spiro atoms. The minimum atomic E-state index is -3.80. The van der Waals surface area contributed by atoms with Crippen LogP contribution in [-0.2, 0) is 14.8 Å². The van der Waals surface area contributed by atoms with Gasteiger partial charge in [-0.25, -0.2) is 12.7 Å². The average molecular weight is 350 g/mol. The van der Waals surface area contributed by atoms with Crippen LogP contribution in [0, 0.1) is 6.92 Å². The molecule has 1 heterocycles. The highest BCUT2D eigenvalue weighted by Gasteiger charge is 2.38. The smallest absolute Gasteiger partial charge is 0.266 e. The lowest BCUT2D eigenvalue weighted by atomic mass is 9.99. The van der Waals surface area contributed by atoms with Gasteiger partial charge in [-0.1, -0.05) is 41.4 Å². The van der Waals surface area contributed by atoms with E-state index in [4.69, 9.17) is 11.6 Å². The zero-order valence-electron chi connectivity index (χ0n) is 12.6. The van der Waals surface area contributed by atoms with Gasteiger partial charge in [0.05, 0.1) is 4.90 Å². The predicted molar refractivity (Wildman–Crippen MR) is 88.9 cm³/mol. The summed E-state index contributed by atoms with van der Waals surface area (Å²) in [7, 11) is -3.80. The maximum absolute atomic E-state index is 12.7. The number of amides is 1. The molecule has 0 N–H and O–H groups in total. The molecule has 0 aliphatic carbocycles. The molecular weight excluding hydrogens is 334 g/mol. The summed E-state index contributed by atoms with van der Waals surface area (Å²) in [5.41, 5.74) is 1.85. The third-order valence-electron chi connectivity index (χ3n) is 4.01. The number of hydrogen-bond donors (Lipinski definition) is 0. The van der Waals surface area contributed by atoms with Crippen LogP contribution < -0.4 is 0 Å². The third kappa shape index (κ3) is 3.12. The van der Waals surface area contributed by atoms with Crippen molar-refractivity contribution in [2.45, 2.75) is 24.2 Å². The van der Waals surface area contributed by atoms with Gasteiger partial charge in [0.15, 0.2) is 0 Å². The summed E-state index contributed by atoms with van der Waals surface area (Å²) in [5, 5.41) is 0.579. The molecule has 0 aromatic heterocycles. The van der Waals surface area contributed by atoms with Gasteiger partial charge in [-0.3, -0.25) is 4.79 Å². The third-order valence-corrected chi connectivity index (χ3v) is 6.05. The summed E-state index contributed by atoms with van der Waals surface area (Å²) in [4.78, 5) is 12.4. The molecule has 0 bridgehead atoms. The second-order valence-electron chi connectivity index (χ2n) is 5.70. The highest BCUT2D eigenvalue weighted by Crippen LogP contribution is 2.33. The Labute approximate surface area is 140 Å². The van der Waals surface area contributed by atoms with Crippen LogP contribution in [0.1, 0.15) is 23.5 Å². The number of nitrogens with zero attached hydrogens (tertiary/aromatic N) is 1. The summed E-state index contributed by atoms with van der Waals surface area (Å²) in [6, 6.07) is 13.7. The maximum atomic E-state index is 12.7. The normalized spacial score (nSPS) is 18.4. The van der Waals surface area contributed by atoms with Gasteiger partial charge in [-0.05, 0) is 36.8 Å². The Hall–Kier alpha value is -1.85. The first-order chi connectivity index (χ1) is 10.9. The summed E-state index contributed by atoms with van der Waals surface area (Å²) in [6.45, 7) is 2.03. The lowest BCUT2D eigenvalue weighted by Gasteiger charge is -2.17. The summed E-state index contributed by atoms with van der Waals surface area (Å²) < 4.78 is 26.3. The van der Waals surface area contributed by atoms with Crippen molar-refractivity contribution in [3.8, 4) is 0 Å². The van der Waals surface area contributed by atoms with Crippen LogP contribution in [0.25, 0.3) is 0 Å². The molecule has 6 heteroatoms. The van der Waals surface area contributed by atoms with Crippen LogP contribution in [-0.4, -0.2) is 25.2 Å². The quantitative estimate of drug-likeness (QED) is 0.853. The molecule has 1 aliphatic rings. The fourth-order valence-corrected chi connectivity index (χ4v) is 4.38. The van der Waals surface area contributed by atoms with Gasteiger partial charge in [0.2, 0.25) is 5.91 Å². The number of sulfonamides is 1. The van der Waals surface area contributed by atoms with E-state index in [1.807, 2.05) is 13.0 Å². The Morgan fingerprint density at radius 1 is 1.13 bits per heavy atom. The molecule has 1 amide bonds. The molecule has 1 fully saturated rings. The van der Waals surface area contributed by atoms with Gasteiger partial charge in [-0.15, -0.1) is 0 Å². The van der Waals surface area contributed by atoms with E-state index in [-0.39, 0.29) is 29.7 Å². The minimum absolute atomic E-state index is 0.142. The van der Waals surface area contributed by atoms with E-state index in [9.17, 15) is 13.2 Å². The number of aryl methyl sites for hydroxylation is 1. The summed E-state index contributed by atoms with van der Waals surface area (Å²) in [6.07, 6.45) is 0.172. The summed E-state index contributed by atoms with van der Waals surface area (Å²) in [5.74, 6) is -0.544. The van der Waals surface area contributed by atoms with Crippen molar-refractivity contribution in [3.05, 3.63) is 64.7 Å². The van der Waals surface area contributed by atoms with Crippen LogP contribution in [0.15, 0.2) is 53.4 Å². The lowest BCUT2D eigenvalue weighted by Crippen LogP contribution is -2.32. The Morgan fingerprint density at radius 2 is 1.83 bits per heavy atom. The number of rotatable bonds is 3. The zero-order valence-corrected chi connectivity index (χ0v) is 14.1. The largest absolute Gasteiger partial charge is 0.274 e. The molecule has 2 aromatic rings. The molecule has 0 saturated carbocycles. The van der Waals surface area contributed by atoms with Crippen LogP contribution in [0.3, 0.4) is 0 Å². The Kier molecular flexibility index (Phi) is 4.17. The Morgan fingerprint density at radius 3 is 2.48 bits per heavy atom. The first-order valence-corrected chi connectivity index (χ1v) is 9.07. The van der Waals surface area contributed by atoms with Gasteiger partial charge in [0, 0.05) is 23.9 Å². The van der Waals surface area contributed by atoms with E-state index in [1.54, 1.807) is 30.3 Å². The van der Waals surface area contributed by atoms with E-state index >= 15 is 0 Å². The molecule has 1 aliphatic heterocycles. The molecule has 2 aromatic carbocycles. The van der Waals surface area contributed by atoms with Crippen LogP contribution >= 0.6 is 11.6 Å². The van der Waals surface area contributed by atoms with Crippen molar-refractivity contribution in [3.63, 3.8) is 0 Å². The van der Waals surface area contributed by atoms with Crippen molar-refractivity contribution in [2.75, 3.05) is 6.54 Å². The first-order valence-electron chi connectivity index (χ1n) is 7.25. The molecule has 0 unspecified atom stereocenters. The van der Waals surface area contributed by atoms with Crippen LogP contribution in [0.5, 0.6) is 0 Å². The van der Waals surface area contributed by atoms with Gasteiger partial charge in [-0.2, -0.15) is 0 Å². The average Bonchev–Trinajstić information content (AvgIpc) is 2.90. The molecular formula is C17H16ClNO3S. The number of carbonyl (C=O) groups excluding carboxylic acids is 1. The zero-order chi connectivity index (χ0) is 16.6. The summed E-state index contributed by atoms with van der Waals surface area (Å²) >= 11 is 5.98. The first kappa shape index (κ1) is 16.0. The van der Waals surface area contributed by atoms with Gasteiger partial charge < -0.3 is 0 Å². The molecule has 23 heavy (non-hydrogen) atoms. The second kappa shape index (κ2) is 5.98. The maximum Gasteiger partial charge on any atom is 0.266 e. The van der Waals surface area contributed by atoms with Crippen LogP contribution in [0.4, 0.5) is 0 Å². The molecule has 0 radical (unpaired) electrons. The Balaban J connectivity index is 1.89. The fourth-order valence-electron chi connectivity index (χ4n) is 2.73. The van der Waals surface area contributed by atoms with E-state index in [0.29, 0.717) is 5.02 Å². The van der Waals surface area contributed by atoms with Crippen molar-refractivity contribution in [1.29, 1.82) is 0 Å². The van der Waals surface area contributed by atoms with Crippen molar-refractivity contribution < 1.29 is 13.2 Å². The molecule has 4 nitrogen and oxygen atoms in total. The molecule has 120 valence electrons. The second-order valence-corrected chi connectivity index (χ2v) is 8.00. The molecule has 1 atom stereocenters. The van der Waals surface area contributed by atoms with E-state index in [0.717, 1.165) is 15.4 Å². The monoisotopic (exact) mass is 349 g/mol. The topological polar surface area (TPSA) is 54.5 Å². The number of hydrogen-bond acceptors (Lipinski definition) is 3. The van der Waals surface area contributed by atoms with Gasteiger partial charge in [0.25, 0.3) is 10.0 Å². The van der Waals surface area contributed by atoms with Crippen molar-refractivity contribution in [1.82, 2.24) is 4.31 Å². The number of halogens is 1. The highest BCUT2D eigenvalue weighted by molar-refractivity contribution is 7.89. The van der Waals surface area contributed by atoms with Crippen molar-refractivity contribution in [2.24, 2.45) is 0 Å². The Bertz CT molecular complexity index is 846. The fraction of sp³-hybridized carbons (Fsp3) is 0.235. The minimum Gasteiger partial charge on any atom is -0.274 e. The lowest BCUT2D eigenvalue weighted by molar-refractivity contribution is -0.123. The predicted octanol–water partition coefficient (Wildman–Crippen LogP) is 3.35.